The Morgan fingerprint density at radius 3 is 2.77 bits per heavy atom. The van der Waals surface area contributed by atoms with Gasteiger partial charge in [0, 0.05) is 24.2 Å². The van der Waals surface area contributed by atoms with Gasteiger partial charge in [-0.15, -0.1) is 0 Å². The Morgan fingerprint density at radius 1 is 1.23 bits per heavy atom. The van der Waals surface area contributed by atoms with E-state index in [2.05, 4.69) is 24.1 Å². The molecule has 7 nitrogen and oxygen atoms in total. The maximum absolute atomic E-state index is 13.0. The van der Waals surface area contributed by atoms with Gasteiger partial charge in [0.05, 0.1) is 7.11 Å². The highest BCUT2D eigenvalue weighted by Gasteiger charge is 2.35. The normalized spacial score (nSPS) is 16.1. The van der Waals surface area contributed by atoms with Crippen LogP contribution in [0.2, 0.25) is 0 Å². The standard InChI is InChI=1S/C23H26N4O3/c1-15(2)20-19(16-9-5-4-6-10-16)26-22(30-20)18-12-8-14-27(18)23(28)25-17-11-7-13-24-21(17)29-3/h4-7,9-11,13,15,18H,8,12,14H2,1-3H3,(H,25,28)/t18-/m1/s1. The Bertz CT molecular complexity index is 1020. The molecule has 3 heterocycles. The van der Waals surface area contributed by atoms with Crippen LogP contribution < -0.4 is 10.1 Å². The van der Waals surface area contributed by atoms with E-state index in [0.29, 0.717) is 24.0 Å². The van der Waals surface area contributed by atoms with Crippen molar-refractivity contribution in [2.45, 2.75) is 38.6 Å². The van der Waals surface area contributed by atoms with Crippen LogP contribution in [0.5, 0.6) is 5.88 Å². The van der Waals surface area contributed by atoms with Crippen LogP contribution in [0.15, 0.2) is 53.1 Å². The van der Waals surface area contributed by atoms with Crippen molar-refractivity contribution in [1.82, 2.24) is 14.9 Å². The van der Waals surface area contributed by atoms with Crippen LogP contribution in [0, 0.1) is 0 Å². The second-order valence-corrected chi connectivity index (χ2v) is 7.63. The van der Waals surface area contributed by atoms with Crippen molar-refractivity contribution in [1.29, 1.82) is 0 Å². The highest BCUT2D eigenvalue weighted by atomic mass is 16.5. The van der Waals surface area contributed by atoms with Gasteiger partial charge in [0.25, 0.3) is 0 Å². The number of pyridine rings is 1. The lowest BCUT2D eigenvalue weighted by molar-refractivity contribution is 0.196. The summed E-state index contributed by atoms with van der Waals surface area (Å²) in [6.07, 6.45) is 3.32. The van der Waals surface area contributed by atoms with Crippen molar-refractivity contribution in [2.24, 2.45) is 0 Å². The number of hydrogen-bond acceptors (Lipinski definition) is 5. The SMILES string of the molecule is COc1ncccc1NC(=O)N1CCC[C@@H]1c1nc(-c2ccccc2)c(C(C)C)o1. The van der Waals surface area contributed by atoms with Crippen LogP contribution in [0.1, 0.15) is 50.3 Å². The topological polar surface area (TPSA) is 80.5 Å². The molecule has 2 aromatic heterocycles. The van der Waals surface area contributed by atoms with Gasteiger partial charge in [0.2, 0.25) is 11.8 Å². The van der Waals surface area contributed by atoms with Gasteiger partial charge in [-0.2, -0.15) is 0 Å². The zero-order chi connectivity index (χ0) is 21.1. The Balaban J connectivity index is 1.61. The molecule has 0 bridgehead atoms. The van der Waals surface area contributed by atoms with Crippen LogP contribution in [-0.2, 0) is 0 Å². The van der Waals surface area contributed by atoms with E-state index in [-0.39, 0.29) is 18.0 Å². The molecule has 0 saturated carbocycles. The Labute approximate surface area is 176 Å². The van der Waals surface area contributed by atoms with Gasteiger partial charge in [-0.25, -0.2) is 14.8 Å². The van der Waals surface area contributed by atoms with E-state index in [1.807, 2.05) is 30.3 Å². The molecule has 4 rings (SSSR count). The Kier molecular flexibility index (Phi) is 5.70. The third-order valence-corrected chi connectivity index (χ3v) is 5.25. The van der Waals surface area contributed by atoms with Gasteiger partial charge in [0.15, 0.2) is 0 Å². The van der Waals surface area contributed by atoms with E-state index in [1.54, 1.807) is 23.2 Å². The third-order valence-electron chi connectivity index (χ3n) is 5.25. The number of amides is 2. The first-order valence-electron chi connectivity index (χ1n) is 10.2. The lowest BCUT2D eigenvalue weighted by Gasteiger charge is -2.23. The van der Waals surface area contributed by atoms with E-state index in [1.165, 1.54) is 7.11 Å². The lowest BCUT2D eigenvalue weighted by Crippen LogP contribution is -2.34. The largest absolute Gasteiger partial charge is 0.480 e. The molecule has 1 N–H and O–H groups in total. The van der Waals surface area contributed by atoms with E-state index >= 15 is 0 Å². The second-order valence-electron chi connectivity index (χ2n) is 7.63. The quantitative estimate of drug-likeness (QED) is 0.627. The number of urea groups is 1. The fourth-order valence-corrected chi connectivity index (χ4v) is 3.79. The second kappa shape index (κ2) is 8.57. The summed E-state index contributed by atoms with van der Waals surface area (Å²) in [6.45, 7) is 4.81. The highest BCUT2D eigenvalue weighted by molar-refractivity contribution is 5.91. The molecule has 0 aliphatic carbocycles. The molecule has 1 fully saturated rings. The number of benzene rings is 1. The van der Waals surface area contributed by atoms with Gasteiger partial charge >= 0.3 is 6.03 Å². The average Bonchev–Trinajstić information content (AvgIpc) is 3.42. The summed E-state index contributed by atoms with van der Waals surface area (Å²) < 4.78 is 11.5. The number of nitrogens with zero attached hydrogens (tertiary/aromatic N) is 3. The minimum Gasteiger partial charge on any atom is -0.480 e. The molecule has 30 heavy (non-hydrogen) atoms. The number of aromatic nitrogens is 2. The predicted octanol–water partition coefficient (Wildman–Crippen LogP) is 5.24. The molecule has 0 spiro atoms. The number of carbonyl (C=O) groups excluding carboxylic acids is 1. The molecule has 7 heteroatoms. The Morgan fingerprint density at radius 2 is 2.03 bits per heavy atom. The van der Waals surface area contributed by atoms with Crippen LogP contribution in [0.3, 0.4) is 0 Å². The van der Waals surface area contributed by atoms with E-state index in [4.69, 9.17) is 14.1 Å². The molecule has 3 aromatic rings. The first-order chi connectivity index (χ1) is 14.6. The number of oxazole rings is 1. The first kappa shape index (κ1) is 19.9. The van der Waals surface area contributed by atoms with E-state index in [9.17, 15) is 4.79 Å². The minimum absolute atomic E-state index is 0.185. The number of anilines is 1. The molecule has 1 aliphatic rings. The van der Waals surface area contributed by atoms with Gasteiger partial charge in [-0.3, -0.25) is 0 Å². The Hall–Kier alpha value is -3.35. The average molecular weight is 406 g/mol. The predicted molar refractivity (Wildman–Crippen MR) is 115 cm³/mol. The van der Waals surface area contributed by atoms with Crippen molar-refractivity contribution < 1.29 is 13.9 Å². The maximum atomic E-state index is 13.0. The van der Waals surface area contributed by atoms with Crippen LogP contribution in [0.4, 0.5) is 10.5 Å². The number of hydrogen-bond donors (Lipinski definition) is 1. The zero-order valence-corrected chi connectivity index (χ0v) is 17.5. The molecule has 156 valence electrons. The summed E-state index contributed by atoms with van der Waals surface area (Å²) in [4.78, 5) is 23.8. The zero-order valence-electron chi connectivity index (χ0n) is 17.5. The van der Waals surface area contributed by atoms with Crippen LogP contribution >= 0.6 is 0 Å². The molecule has 0 radical (unpaired) electrons. The molecule has 2 amide bonds. The third kappa shape index (κ3) is 3.87. The fourth-order valence-electron chi connectivity index (χ4n) is 3.79. The minimum atomic E-state index is -0.214. The van der Waals surface area contributed by atoms with Gasteiger partial charge in [0.1, 0.15) is 23.2 Å². The molecule has 1 aromatic carbocycles. The number of ether oxygens (including phenoxy) is 1. The molecule has 1 atom stereocenters. The number of nitrogens with one attached hydrogen (secondary N) is 1. The molecular weight excluding hydrogens is 380 g/mol. The van der Waals surface area contributed by atoms with Crippen molar-refractivity contribution in [3.05, 3.63) is 60.3 Å². The molecular formula is C23H26N4O3. The number of methoxy groups -OCH3 is 1. The highest BCUT2D eigenvalue weighted by Crippen LogP contribution is 2.37. The van der Waals surface area contributed by atoms with E-state index < -0.39 is 0 Å². The van der Waals surface area contributed by atoms with E-state index in [0.717, 1.165) is 29.9 Å². The van der Waals surface area contributed by atoms with Crippen molar-refractivity contribution in [2.75, 3.05) is 19.0 Å². The molecule has 1 saturated heterocycles. The molecule has 0 unspecified atom stereocenters. The number of likely N-dealkylation sites (tertiary alicyclic amines) is 1. The van der Waals surface area contributed by atoms with Crippen molar-refractivity contribution in [3.63, 3.8) is 0 Å². The number of carbonyl (C=O) groups is 1. The fraction of sp³-hybridized carbons (Fsp3) is 0.348. The summed E-state index contributed by atoms with van der Waals surface area (Å²) >= 11 is 0. The van der Waals surface area contributed by atoms with Crippen molar-refractivity contribution in [3.8, 4) is 17.1 Å². The lowest BCUT2D eigenvalue weighted by atomic mass is 10.0. The summed E-state index contributed by atoms with van der Waals surface area (Å²) in [6, 6.07) is 13.1. The summed E-state index contributed by atoms with van der Waals surface area (Å²) in [7, 11) is 1.53. The maximum Gasteiger partial charge on any atom is 0.322 e. The summed E-state index contributed by atoms with van der Waals surface area (Å²) in [5.74, 6) is 2.00. The smallest absolute Gasteiger partial charge is 0.322 e. The molecule has 1 aliphatic heterocycles. The van der Waals surface area contributed by atoms with Crippen LogP contribution in [-0.4, -0.2) is 34.6 Å². The summed E-state index contributed by atoms with van der Waals surface area (Å²) in [5.41, 5.74) is 2.41. The van der Waals surface area contributed by atoms with Gasteiger partial charge in [-0.1, -0.05) is 44.2 Å². The van der Waals surface area contributed by atoms with Gasteiger partial charge < -0.3 is 19.4 Å². The van der Waals surface area contributed by atoms with Gasteiger partial charge in [-0.05, 0) is 25.0 Å². The monoisotopic (exact) mass is 406 g/mol. The summed E-state index contributed by atoms with van der Waals surface area (Å²) in [5, 5.41) is 2.91. The first-order valence-corrected chi connectivity index (χ1v) is 10.2. The number of rotatable bonds is 5. The van der Waals surface area contributed by atoms with Crippen LogP contribution in [0.25, 0.3) is 11.3 Å². The van der Waals surface area contributed by atoms with Crippen molar-refractivity contribution >= 4 is 11.7 Å².